The van der Waals surface area contributed by atoms with Crippen molar-refractivity contribution in [3.63, 3.8) is 0 Å². The van der Waals surface area contributed by atoms with Crippen molar-refractivity contribution in [1.29, 1.82) is 0 Å². The minimum atomic E-state index is -2.04. The van der Waals surface area contributed by atoms with Crippen LogP contribution in [0.15, 0.2) is 298 Å². The molecule has 0 amide bonds. The topological polar surface area (TPSA) is 154 Å². The van der Waals surface area contributed by atoms with Gasteiger partial charge in [-0.1, -0.05) is 401 Å². The first-order chi connectivity index (χ1) is 68.0. The normalized spacial score (nSPS) is 14.0. The molecule has 10 heterocycles. The zero-order chi connectivity index (χ0) is 109. The lowest BCUT2D eigenvalue weighted by Crippen LogP contribution is -2.29. The second-order valence-electron chi connectivity index (χ2n) is 48.7. The summed E-state index contributed by atoms with van der Waals surface area (Å²) in [5, 5.41) is 7.38. The molecule has 15 nitrogen and oxygen atoms in total. The van der Waals surface area contributed by atoms with Crippen LogP contribution in [0.2, 0.25) is 0 Å². The zero-order valence-electron chi connectivity index (χ0n) is 95.4. The summed E-state index contributed by atoms with van der Waals surface area (Å²) in [4.78, 5) is 27.4. The Hall–Kier alpha value is -13.0. The van der Waals surface area contributed by atoms with Crippen LogP contribution in [0.25, 0.3) is 54.4 Å². The van der Waals surface area contributed by atoms with Crippen molar-refractivity contribution >= 4 is 60.1 Å². The molecule has 16 heteroatoms. The number of aromatic nitrogens is 6. The van der Waals surface area contributed by atoms with E-state index in [4.69, 9.17) is 37.9 Å². The quantitative estimate of drug-likeness (QED) is 0.132. The van der Waals surface area contributed by atoms with Crippen molar-refractivity contribution in [2.24, 2.45) is 16.2 Å². The molecule has 0 fully saturated rings. The number of alkyl halides is 1. The van der Waals surface area contributed by atoms with E-state index in [2.05, 4.69) is 398 Å². The zero-order valence-corrected chi connectivity index (χ0v) is 95.4. The lowest BCUT2D eigenvalue weighted by molar-refractivity contribution is -0.173. The summed E-state index contributed by atoms with van der Waals surface area (Å²) in [6.07, 6.45) is 15.5. The lowest BCUT2D eigenvalue weighted by atomic mass is 9.81. The smallest absolute Gasteiger partial charge is 0.404 e. The SMILES string of the molecule is C=C1COc2cccc(C(C)(C)C)c2C1.CC.CC(C)(C)C.CC(C)(C)C.CC(C)(C)C.CC(C)(C)c1ccc2c(c1)OCO2.CC(C)(C)c1cccc2c1OCO2.CC(C)(C)c1cccc2cnccc12.CC(C)(C)c1cccc2nccnc12.CC1(F)Oc2cccc(C(C)(C)C)c2O1.CN1CCOc2cc(C(C)(C)C)ccc21.c1ccc2cnccc2c1.c1ccc2ncccc2c1.c1ccc2ncccc2c1. The minimum Gasteiger partial charge on any atom is -0.490 e. The molecule has 782 valence electrons. The molecule has 5 aliphatic rings. The number of hydrogen-bond donors (Lipinski definition) is 0. The molecule has 0 saturated carbocycles. The van der Waals surface area contributed by atoms with E-state index in [0.29, 0.717) is 47.9 Å². The van der Waals surface area contributed by atoms with Crippen LogP contribution < -0.4 is 42.8 Å². The second kappa shape index (κ2) is 52.9. The average molecular weight is 1980 g/mol. The molecule has 5 aromatic heterocycles. The van der Waals surface area contributed by atoms with Crippen LogP contribution in [0.4, 0.5) is 10.1 Å². The van der Waals surface area contributed by atoms with E-state index in [-0.39, 0.29) is 37.9 Å². The first kappa shape index (κ1) is 120. The monoisotopic (exact) mass is 1980 g/mol. The van der Waals surface area contributed by atoms with Crippen LogP contribution in [0.5, 0.6) is 46.0 Å². The summed E-state index contributed by atoms with van der Waals surface area (Å²) < 4.78 is 56.4. The molecule has 10 aromatic carbocycles. The maximum atomic E-state index is 13.5. The number of likely N-dealkylation sites (N-methyl/N-ethyl adjacent to an activating group) is 1. The number of pyridine rings is 4. The van der Waals surface area contributed by atoms with E-state index in [9.17, 15) is 4.39 Å². The molecular formula is C130H172FN7O8. The van der Waals surface area contributed by atoms with Gasteiger partial charge in [-0.2, -0.15) is 4.39 Å². The fraction of sp³-hybridized carbons (Fsp3) is 0.415. The molecule has 0 N–H and O–H groups in total. The predicted octanol–water partition coefficient (Wildman–Crippen LogP) is 35.5. The third-order valence-electron chi connectivity index (χ3n) is 21.9. The maximum absolute atomic E-state index is 13.5. The van der Waals surface area contributed by atoms with E-state index in [0.717, 1.165) is 81.7 Å². The van der Waals surface area contributed by atoms with Crippen LogP contribution >= 0.6 is 0 Å². The number of rotatable bonds is 0. The van der Waals surface area contributed by atoms with Gasteiger partial charge >= 0.3 is 6.04 Å². The first-order valence-corrected chi connectivity index (χ1v) is 51.3. The highest BCUT2D eigenvalue weighted by Gasteiger charge is 2.40. The van der Waals surface area contributed by atoms with Crippen molar-refractivity contribution in [1.82, 2.24) is 29.9 Å². The summed E-state index contributed by atoms with van der Waals surface area (Å²) in [5.41, 5.74) is 19.0. The van der Waals surface area contributed by atoms with Crippen LogP contribution in [0, 0.1) is 16.2 Å². The van der Waals surface area contributed by atoms with E-state index < -0.39 is 6.04 Å². The van der Waals surface area contributed by atoms with Crippen molar-refractivity contribution in [2.75, 3.05) is 45.3 Å². The van der Waals surface area contributed by atoms with Gasteiger partial charge in [-0.05, 0) is 189 Å². The number of benzene rings is 10. The largest absolute Gasteiger partial charge is 0.490 e. The molecular weight excluding hydrogens is 1810 g/mol. The summed E-state index contributed by atoms with van der Waals surface area (Å²) in [6, 6.07) is 77.5. The Kier molecular flexibility index (Phi) is 43.5. The maximum Gasteiger partial charge on any atom is 0.404 e. The first-order valence-electron chi connectivity index (χ1n) is 51.3. The molecule has 1 unspecified atom stereocenters. The number of nitrogens with zero attached hydrogens (tertiary/aromatic N) is 7. The number of halogens is 1. The molecule has 0 radical (unpaired) electrons. The Bertz CT molecular complexity index is 6080. The second-order valence-corrected chi connectivity index (χ2v) is 48.7. The minimum absolute atomic E-state index is 0.0882. The molecule has 0 saturated heterocycles. The molecule has 0 bridgehead atoms. The van der Waals surface area contributed by atoms with Crippen LogP contribution in [0.1, 0.15) is 294 Å². The van der Waals surface area contributed by atoms with Crippen LogP contribution in [-0.4, -0.2) is 76.3 Å². The van der Waals surface area contributed by atoms with E-state index >= 15 is 0 Å². The number of fused-ring (bicyclic) bond motifs is 10. The van der Waals surface area contributed by atoms with Crippen molar-refractivity contribution in [3.8, 4) is 46.0 Å². The number of hydrogen-bond acceptors (Lipinski definition) is 15. The van der Waals surface area contributed by atoms with Gasteiger partial charge in [0.05, 0.1) is 34.3 Å². The van der Waals surface area contributed by atoms with Gasteiger partial charge < -0.3 is 42.8 Å². The Morgan fingerprint density at radius 3 is 1.25 bits per heavy atom. The van der Waals surface area contributed by atoms with E-state index in [1.165, 1.54) is 89.4 Å². The van der Waals surface area contributed by atoms with Gasteiger partial charge in [0, 0.05) is 103 Å². The highest BCUT2D eigenvalue weighted by atomic mass is 19.2. The third kappa shape index (κ3) is 40.5. The summed E-state index contributed by atoms with van der Waals surface area (Å²) in [5.74, 6) is 6.57. The lowest BCUT2D eigenvalue weighted by Gasteiger charge is -2.29. The average Bonchev–Trinajstić information content (AvgIpc) is 1.58. The van der Waals surface area contributed by atoms with Crippen molar-refractivity contribution in [2.45, 2.75) is 300 Å². The Balaban J connectivity index is 0.000000216. The third-order valence-corrected chi connectivity index (χ3v) is 21.9. The van der Waals surface area contributed by atoms with E-state index in [1.54, 1.807) is 18.5 Å². The summed E-state index contributed by atoms with van der Waals surface area (Å²) in [7, 11) is 2.11. The van der Waals surface area contributed by atoms with Crippen LogP contribution in [-0.2, 0) is 44.3 Å². The Labute approximate surface area is 876 Å². The van der Waals surface area contributed by atoms with Crippen molar-refractivity contribution < 1.29 is 42.3 Å². The molecule has 0 spiro atoms. The van der Waals surface area contributed by atoms with Crippen LogP contribution in [0.3, 0.4) is 0 Å². The van der Waals surface area contributed by atoms with Gasteiger partial charge in [-0.3, -0.25) is 29.9 Å². The Morgan fingerprint density at radius 2 is 0.719 bits per heavy atom. The summed E-state index contributed by atoms with van der Waals surface area (Å²) >= 11 is 0. The van der Waals surface area contributed by atoms with Gasteiger partial charge in [0.2, 0.25) is 13.6 Å². The molecule has 0 aliphatic carbocycles. The molecule has 20 rings (SSSR count). The molecule has 1 atom stereocenters. The fourth-order valence-electron chi connectivity index (χ4n) is 14.9. The number of para-hydroxylation sites is 5. The molecule has 15 aromatic rings. The number of anilines is 1. The van der Waals surface area contributed by atoms with Gasteiger partial charge in [-0.25, -0.2) is 0 Å². The summed E-state index contributed by atoms with van der Waals surface area (Å²) in [6.45, 7) is 84.6. The molecule has 5 aliphatic heterocycles. The Morgan fingerprint density at radius 1 is 0.315 bits per heavy atom. The number of ether oxygens (including phenoxy) is 8. The predicted molar refractivity (Wildman–Crippen MR) is 616 cm³/mol. The van der Waals surface area contributed by atoms with Gasteiger partial charge in [0.15, 0.2) is 34.5 Å². The standard InChI is InChI=1S/C14H18O.C13H19NO.C13H15N.C12H15FO2.C12H14N2.2C11H14O2.3C9H7N.3C5H12.C2H6/c1-10-8-11-12(14(2,3)4)6-5-7-13(11)15-9-10;1-13(2,3)10-5-6-11-12(9-10)15-8-7-14(11)4;1-13(2,3)12-6-4-5-10-9-14-8-7-11(10)12;1-11(2,3)8-6-5-7-9-10(8)15-12(4,13)14-9;1-12(2,3)9-5-4-6-10-11(9)14-8-7-13-10;1-11(2,3)8-4-5-9-10(6-8)13-7-12-9;1-11(2,3)8-5-4-6-9-10(8)13-7-12-9;2*1-2-6-9-8(4-1)5-3-7-10-9;1-2-4-9-7-10-6-5-8(9)3-1;3*1-5(2,3)4;1-2/h5-7H,1,8-9H2,2-4H3;5-6,9H,7-8H2,1-4H3;4-9H,1-3H3;5-7H,1-4H3;4-8H,1-3H3;2*4-6H,7H2,1-3H3;3*1-7H;3*1-4H3;1-2H3. The highest BCUT2D eigenvalue weighted by molar-refractivity contribution is 5.86. The fourth-order valence-corrected chi connectivity index (χ4v) is 14.9. The highest BCUT2D eigenvalue weighted by Crippen LogP contribution is 2.48. The van der Waals surface area contributed by atoms with Gasteiger partial charge in [0.1, 0.15) is 24.7 Å². The van der Waals surface area contributed by atoms with E-state index in [1.807, 2.05) is 160 Å². The van der Waals surface area contributed by atoms with Gasteiger partial charge in [0.25, 0.3) is 0 Å². The van der Waals surface area contributed by atoms with Crippen molar-refractivity contribution in [3.05, 3.63) is 343 Å². The molecule has 146 heavy (non-hydrogen) atoms. The van der Waals surface area contributed by atoms with Gasteiger partial charge in [-0.15, -0.1) is 0 Å².